The molecule has 0 saturated carbocycles. The summed E-state index contributed by atoms with van der Waals surface area (Å²) in [4.78, 5) is 0. The van der Waals surface area contributed by atoms with Crippen LogP contribution in [0.3, 0.4) is 0 Å². The highest BCUT2D eigenvalue weighted by atomic mass is 79.9. The van der Waals surface area contributed by atoms with Crippen LogP contribution in [0.25, 0.3) is 0 Å². The van der Waals surface area contributed by atoms with Crippen molar-refractivity contribution in [1.29, 1.82) is 0 Å². The van der Waals surface area contributed by atoms with Crippen molar-refractivity contribution < 1.29 is 9.84 Å². The normalized spacial score (nSPS) is 12.3. The van der Waals surface area contributed by atoms with E-state index in [1.165, 1.54) is 0 Å². The molecule has 1 atom stereocenters. The second-order valence-electron chi connectivity index (χ2n) is 4.48. The molecule has 0 spiro atoms. The Morgan fingerprint density at radius 3 is 2.25 bits per heavy atom. The Hall–Kier alpha value is -0.680. The van der Waals surface area contributed by atoms with E-state index in [1.54, 1.807) is 0 Å². The molecule has 0 aliphatic heterocycles. The first-order chi connectivity index (χ1) is 9.68. The van der Waals surface area contributed by atoms with E-state index in [0.717, 1.165) is 20.1 Å². The zero-order valence-electron chi connectivity index (χ0n) is 10.9. The van der Waals surface area contributed by atoms with Crippen molar-refractivity contribution in [2.24, 2.45) is 0 Å². The maximum atomic E-state index is 10.2. The van der Waals surface area contributed by atoms with Gasteiger partial charge in [-0.15, -0.1) is 0 Å². The van der Waals surface area contributed by atoms with Gasteiger partial charge in [0.2, 0.25) is 0 Å². The van der Waals surface area contributed by atoms with Crippen molar-refractivity contribution in [3.8, 4) is 0 Å². The fourth-order valence-corrected chi connectivity index (χ4v) is 3.46. The molecule has 106 valence electrons. The Balaban J connectivity index is 1.82. The molecule has 0 fully saturated rings. The summed E-state index contributed by atoms with van der Waals surface area (Å²) >= 11 is 6.93. The van der Waals surface area contributed by atoms with Crippen LogP contribution in [0.15, 0.2) is 57.5 Å². The molecule has 0 aliphatic rings. The fourth-order valence-electron chi connectivity index (χ4n) is 1.93. The first kappa shape index (κ1) is 15.7. The summed E-state index contributed by atoms with van der Waals surface area (Å²) in [5, 5.41) is 10.2. The number of benzene rings is 2. The lowest BCUT2D eigenvalue weighted by Crippen LogP contribution is -2.05. The summed E-state index contributed by atoms with van der Waals surface area (Å²) in [6.45, 7) is 1.09. The first-order valence-electron chi connectivity index (χ1n) is 6.42. The van der Waals surface area contributed by atoms with Crippen molar-refractivity contribution in [3.63, 3.8) is 0 Å². The number of halogens is 2. The van der Waals surface area contributed by atoms with Gasteiger partial charge in [0.05, 0.1) is 12.7 Å². The number of hydrogen-bond donors (Lipinski definition) is 1. The molecule has 2 nitrogen and oxygen atoms in total. The SMILES string of the molecule is OC(CCOCc1ccccc1)c1c(Br)cccc1Br. The van der Waals surface area contributed by atoms with Gasteiger partial charge in [0.25, 0.3) is 0 Å². The molecule has 0 bridgehead atoms. The van der Waals surface area contributed by atoms with Crippen LogP contribution in [-0.4, -0.2) is 11.7 Å². The fraction of sp³-hybridized carbons (Fsp3) is 0.250. The van der Waals surface area contributed by atoms with E-state index in [1.807, 2.05) is 48.5 Å². The predicted octanol–water partition coefficient (Wildman–Crippen LogP) is 4.85. The summed E-state index contributed by atoms with van der Waals surface area (Å²) in [6, 6.07) is 15.8. The van der Waals surface area contributed by atoms with Gasteiger partial charge >= 0.3 is 0 Å². The molecule has 20 heavy (non-hydrogen) atoms. The minimum absolute atomic E-state index is 0.518. The van der Waals surface area contributed by atoms with E-state index in [9.17, 15) is 5.11 Å². The highest BCUT2D eigenvalue weighted by molar-refractivity contribution is 9.11. The second kappa shape index (κ2) is 7.93. The second-order valence-corrected chi connectivity index (χ2v) is 6.19. The number of hydrogen-bond acceptors (Lipinski definition) is 2. The van der Waals surface area contributed by atoms with E-state index in [4.69, 9.17) is 4.74 Å². The van der Waals surface area contributed by atoms with Crippen LogP contribution in [0.5, 0.6) is 0 Å². The van der Waals surface area contributed by atoms with Crippen LogP contribution in [0.4, 0.5) is 0 Å². The molecule has 0 amide bonds. The largest absolute Gasteiger partial charge is 0.388 e. The molecule has 4 heteroatoms. The van der Waals surface area contributed by atoms with Gasteiger partial charge in [0.15, 0.2) is 0 Å². The Morgan fingerprint density at radius 2 is 1.60 bits per heavy atom. The molecule has 0 radical (unpaired) electrons. The Bertz CT molecular complexity index is 523. The smallest absolute Gasteiger partial charge is 0.0833 e. The summed E-state index contributed by atoms with van der Waals surface area (Å²) in [5.41, 5.74) is 2.01. The molecule has 1 N–H and O–H groups in total. The summed E-state index contributed by atoms with van der Waals surface area (Å²) in [5.74, 6) is 0. The van der Waals surface area contributed by atoms with Crippen LogP contribution in [0.2, 0.25) is 0 Å². The van der Waals surface area contributed by atoms with Crippen LogP contribution in [0.1, 0.15) is 23.7 Å². The molecular weight excluding hydrogens is 384 g/mol. The molecule has 1 unspecified atom stereocenters. The molecule has 2 rings (SSSR count). The number of rotatable bonds is 6. The van der Waals surface area contributed by atoms with Gasteiger partial charge < -0.3 is 9.84 Å². The van der Waals surface area contributed by atoms with Crippen molar-refractivity contribution in [3.05, 3.63) is 68.6 Å². The summed E-state index contributed by atoms with van der Waals surface area (Å²) in [6.07, 6.45) is 0.0179. The van der Waals surface area contributed by atoms with Gasteiger partial charge in [0.1, 0.15) is 0 Å². The maximum absolute atomic E-state index is 10.2. The highest BCUT2D eigenvalue weighted by Gasteiger charge is 2.14. The quantitative estimate of drug-likeness (QED) is 0.703. The Labute approximate surface area is 136 Å². The Kier molecular flexibility index (Phi) is 6.23. The Morgan fingerprint density at radius 1 is 0.950 bits per heavy atom. The third kappa shape index (κ3) is 4.42. The predicted molar refractivity (Wildman–Crippen MR) is 87.5 cm³/mol. The third-order valence-electron chi connectivity index (χ3n) is 2.98. The first-order valence-corrected chi connectivity index (χ1v) is 8.00. The standard InChI is InChI=1S/C16H16Br2O2/c17-13-7-4-8-14(18)16(13)15(19)9-10-20-11-12-5-2-1-3-6-12/h1-8,15,19H,9-11H2. The monoisotopic (exact) mass is 398 g/mol. The van der Waals surface area contributed by atoms with E-state index in [0.29, 0.717) is 19.6 Å². The average molecular weight is 400 g/mol. The van der Waals surface area contributed by atoms with Crippen molar-refractivity contribution in [2.75, 3.05) is 6.61 Å². The van der Waals surface area contributed by atoms with Crippen LogP contribution in [-0.2, 0) is 11.3 Å². The molecule has 2 aromatic rings. The maximum Gasteiger partial charge on any atom is 0.0833 e. The lowest BCUT2D eigenvalue weighted by molar-refractivity contribution is 0.0728. The van der Waals surface area contributed by atoms with Crippen LogP contribution in [0, 0.1) is 0 Å². The van der Waals surface area contributed by atoms with Gasteiger partial charge in [-0.25, -0.2) is 0 Å². The van der Waals surface area contributed by atoms with E-state index >= 15 is 0 Å². The van der Waals surface area contributed by atoms with E-state index < -0.39 is 6.10 Å². The van der Waals surface area contributed by atoms with Gasteiger partial charge in [0, 0.05) is 27.5 Å². The third-order valence-corrected chi connectivity index (χ3v) is 4.36. The molecular formula is C16H16Br2O2. The molecule has 0 saturated heterocycles. The molecule has 0 aliphatic carbocycles. The van der Waals surface area contributed by atoms with E-state index in [2.05, 4.69) is 31.9 Å². The van der Waals surface area contributed by atoms with Gasteiger partial charge in [-0.2, -0.15) is 0 Å². The minimum Gasteiger partial charge on any atom is -0.388 e. The number of aliphatic hydroxyl groups excluding tert-OH is 1. The molecule has 0 aromatic heterocycles. The van der Waals surface area contributed by atoms with Crippen LogP contribution >= 0.6 is 31.9 Å². The van der Waals surface area contributed by atoms with Crippen LogP contribution < -0.4 is 0 Å². The summed E-state index contributed by atoms with van der Waals surface area (Å²) in [7, 11) is 0. The van der Waals surface area contributed by atoms with Crippen molar-refractivity contribution in [2.45, 2.75) is 19.1 Å². The highest BCUT2D eigenvalue weighted by Crippen LogP contribution is 2.32. The van der Waals surface area contributed by atoms with Gasteiger partial charge in [-0.05, 0) is 17.7 Å². The van der Waals surface area contributed by atoms with Crippen molar-refractivity contribution in [1.82, 2.24) is 0 Å². The topological polar surface area (TPSA) is 29.5 Å². The lowest BCUT2D eigenvalue weighted by atomic mass is 10.1. The number of aliphatic hydroxyl groups is 1. The van der Waals surface area contributed by atoms with Crippen molar-refractivity contribution >= 4 is 31.9 Å². The number of ether oxygens (including phenoxy) is 1. The minimum atomic E-state index is -0.546. The summed E-state index contributed by atoms with van der Waals surface area (Å²) < 4.78 is 7.41. The van der Waals surface area contributed by atoms with Gasteiger partial charge in [-0.3, -0.25) is 0 Å². The van der Waals surface area contributed by atoms with E-state index in [-0.39, 0.29) is 0 Å². The molecule has 0 heterocycles. The lowest BCUT2D eigenvalue weighted by Gasteiger charge is -2.15. The van der Waals surface area contributed by atoms with Gasteiger partial charge in [-0.1, -0.05) is 68.3 Å². The molecule has 2 aromatic carbocycles. The zero-order valence-corrected chi connectivity index (χ0v) is 14.1. The zero-order chi connectivity index (χ0) is 14.4. The average Bonchev–Trinajstić information content (AvgIpc) is 2.44.